The Labute approximate surface area is 158 Å². The molecule has 4 nitrogen and oxygen atoms in total. The maximum Gasteiger partial charge on any atom is 0.180 e. The quantitative estimate of drug-likeness (QED) is 0.609. The molecule has 3 aromatic rings. The predicted octanol–water partition coefficient (Wildman–Crippen LogP) is 5.50. The molecule has 1 heterocycles. The molecule has 0 saturated carbocycles. The summed E-state index contributed by atoms with van der Waals surface area (Å²) in [5, 5.41) is 4.80. The third kappa shape index (κ3) is 3.65. The molecule has 0 radical (unpaired) electrons. The Balaban J connectivity index is 2.18. The van der Waals surface area contributed by atoms with Crippen LogP contribution in [0.15, 0.2) is 72.4 Å². The second-order valence-electron chi connectivity index (χ2n) is 5.59. The van der Waals surface area contributed by atoms with E-state index in [2.05, 4.69) is 27.9 Å². The Kier molecular flexibility index (Phi) is 5.44. The first-order valence-electron chi connectivity index (χ1n) is 8.23. The molecule has 0 atom stereocenters. The van der Waals surface area contributed by atoms with Gasteiger partial charge in [0.2, 0.25) is 0 Å². The fourth-order valence-corrected chi connectivity index (χ4v) is 2.74. The molecule has 5 heteroatoms. The Hall–Kier alpha value is -2.98. The van der Waals surface area contributed by atoms with Crippen molar-refractivity contribution >= 4 is 34.0 Å². The first-order valence-corrected chi connectivity index (χ1v) is 8.61. The van der Waals surface area contributed by atoms with E-state index in [0.717, 1.165) is 27.8 Å². The number of rotatable bonds is 5. The number of anilines is 1. The lowest BCUT2D eigenvalue weighted by Gasteiger charge is -2.10. The Morgan fingerprint density at radius 2 is 1.85 bits per heavy atom. The van der Waals surface area contributed by atoms with Crippen LogP contribution in [0.5, 0.6) is 0 Å². The van der Waals surface area contributed by atoms with Gasteiger partial charge in [-0.25, -0.2) is 9.97 Å². The van der Waals surface area contributed by atoms with Crippen LogP contribution in [0, 0.1) is 0 Å². The number of allylic oxidation sites excluding steroid dienone is 2. The summed E-state index contributed by atoms with van der Waals surface area (Å²) >= 11 is 5.99. The smallest absolute Gasteiger partial charge is 0.180 e. The zero-order valence-corrected chi connectivity index (χ0v) is 15.5. The second-order valence-corrected chi connectivity index (χ2v) is 6.02. The molecule has 1 aromatic heterocycles. The average Bonchev–Trinajstić information content (AvgIpc) is 2.68. The standard InChI is InChI=1S/C21H19ClN4/c1-4-12-24-18(5-2)21-25-19-13-15(14-6-9-16(22)10-7-14)8-11-17(19)20(23-3)26-21/h4-13H,2H2,1,3H3,(H,23,25,26)/b12-4-,24-18?. The molecule has 2 aromatic carbocycles. The number of aliphatic imine (C=N–C) groups is 1. The molecule has 0 spiro atoms. The number of nitrogens with one attached hydrogen (secondary N) is 1. The topological polar surface area (TPSA) is 50.2 Å². The van der Waals surface area contributed by atoms with Gasteiger partial charge < -0.3 is 5.32 Å². The van der Waals surface area contributed by atoms with Crippen molar-refractivity contribution in [3.05, 3.63) is 78.2 Å². The lowest BCUT2D eigenvalue weighted by atomic mass is 10.0. The van der Waals surface area contributed by atoms with Crippen molar-refractivity contribution in [1.29, 1.82) is 0 Å². The van der Waals surface area contributed by atoms with Crippen LogP contribution >= 0.6 is 11.6 Å². The highest BCUT2D eigenvalue weighted by Gasteiger charge is 2.11. The van der Waals surface area contributed by atoms with Crippen molar-refractivity contribution < 1.29 is 0 Å². The molecule has 0 aliphatic heterocycles. The Morgan fingerprint density at radius 3 is 2.50 bits per heavy atom. The van der Waals surface area contributed by atoms with E-state index in [9.17, 15) is 0 Å². The van der Waals surface area contributed by atoms with Crippen molar-refractivity contribution in [2.75, 3.05) is 12.4 Å². The average molecular weight is 363 g/mol. The van der Waals surface area contributed by atoms with Crippen LogP contribution < -0.4 is 5.32 Å². The van der Waals surface area contributed by atoms with Crippen molar-refractivity contribution in [2.45, 2.75) is 6.92 Å². The minimum atomic E-state index is 0.531. The van der Waals surface area contributed by atoms with Gasteiger partial charge in [0.05, 0.1) is 5.52 Å². The highest BCUT2D eigenvalue weighted by molar-refractivity contribution is 6.30. The molecule has 0 aliphatic carbocycles. The van der Waals surface area contributed by atoms with E-state index in [1.54, 1.807) is 12.3 Å². The summed E-state index contributed by atoms with van der Waals surface area (Å²) in [6, 6.07) is 13.9. The maximum absolute atomic E-state index is 5.99. The molecule has 1 N–H and O–H groups in total. The summed E-state index contributed by atoms with van der Waals surface area (Å²) in [7, 11) is 1.84. The number of halogens is 1. The summed E-state index contributed by atoms with van der Waals surface area (Å²) in [6.45, 7) is 5.73. The fourth-order valence-electron chi connectivity index (χ4n) is 2.61. The molecular weight excluding hydrogens is 344 g/mol. The lowest BCUT2D eigenvalue weighted by molar-refractivity contribution is 1.17. The van der Waals surface area contributed by atoms with Gasteiger partial charge in [-0.1, -0.05) is 42.5 Å². The second kappa shape index (κ2) is 7.93. The van der Waals surface area contributed by atoms with Crippen LogP contribution in [0.2, 0.25) is 5.02 Å². The highest BCUT2D eigenvalue weighted by atomic mass is 35.5. The van der Waals surface area contributed by atoms with E-state index in [0.29, 0.717) is 16.6 Å². The van der Waals surface area contributed by atoms with Crippen molar-refractivity contribution in [1.82, 2.24) is 9.97 Å². The fraction of sp³-hybridized carbons (Fsp3) is 0.0952. The number of nitrogens with zero attached hydrogens (tertiary/aromatic N) is 3. The van der Waals surface area contributed by atoms with Gasteiger partial charge in [0.1, 0.15) is 11.5 Å². The van der Waals surface area contributed by atoms with E-state index >= 15 is 0 Å². The first kappa shape index (κ1) is 17.8. The lowest BCUT2D eigenvalue weighted by Crippen LogP contribution is -2.07. The number of hydrogen-bond donors (Lipinski definition) is 1. The predicted molar refractivity (Wildman–Crippen MR) is 111 cm³/mol. The molecule has 0 fully saturated rings. The molecule has 3 rings (SSSR count). The Bertz CT molecular complexity index is 1000. The SMILES string of the molecule is C=CC(=N/C=C\C)c1nc(NC)c2ccc(-c3ccc(Cl)cc3)cc2n1. The molecule has 0 aliphatic rings. The number of benzene rings is 2. The van der Waals surface area contributed by atoms with Crippen LogP contribution in [0.4, 0.5) is 5.82 Å². The largest absolute Gasteiger partial charge is 0.373 e. The molecule has 26 heavy (non-hydrogen) atoms. The summed E-state index contributed by atoms with van der Waals surface area (Å²) in [5.41, 5.74) is 3.60. The number of aromatic nitrogens is 2. The van der Waals surface area contributed by atoms with Crippen LogP contribution in [-0.2, 0) is 0 Å². The van der Waals surface area contributed by atoms with E-state index in [-0.39, 0.29) is 0 Å². The van der Waals surface area contributed by atoms with Gasteiger partial charge in [0, 0.05) is 23.7 Å². The summed E-state index contributed by atoms with van der Waals surface area (Å²) < 4.78 is 0. The van der Waals surface area contributed by atoms with Crippen LogP contribution in [0.3, 0.4) is 0 Å². The molecule has 0 saturated heterocycles. The Morgan fingerprint density at radius 1 is 1.12 bits per heavy atom. The third-order valence-corrected chi connectivity index (χ3v) is 4.15. The summed E-state index contributed by atoms with van der Waals surface area (Å²) in [5.74, 6) is 1.28. The van der Waals surface area contributed by atoms with Gasteiger partial charge >= 0.3 is 0 Å². The molecular formula is C21H19ClN4. The normalized spacial score (nSPS) is 11.9. The molecule has 0 unspecified atom stereocenters. The first-order chi connectivity index (χ1) is 12.7. The van der Waals surface area contributed by atoms with Gasteiger partial charge in [0.25, 0.3) is 0 Å². The van der Waals surface area contributed by atoms with E-state index < -0.39 is 0 Å². The van der Waals surface area contributed by atoms with Crippen molar-refractivity contribution in [2.24, 2.45) is 4.99 Å². The monoisotopic (exact) mass is 362 g/mol. The minimum absolute atomic E-state index is 0.531. The van der Waals surface area contributed by atoms with E-state index in [4.69, 9.17) is 16.6 Å². The van der Waals surface area contributed by atoms with Gasteiger partial charge in [-0.3, -0.25) is 4.99 Å². The third-order valence-electron chi connectivity index (χ3n) is 3.90. The summed E-state index contributed by atoms with van der Waals surface area (Å²) in [6.07, 6.45) is 5.21. The molecule has 130 valence electrons. The maximum atomic E-state index is 5.99. The van der Waals surface area contributed by atoms with E-state index in [1.165, 1.54) is 0 Å². The van der Waals surface area contributed by atoms with Gasteiger partial charge in [-0.2, -0.15) is 0 Å². The van der Waals surface area contributed by atoms with Crippen LogP contribution in [-0.4, -0.2) is 22.7 Å². The van der Waals surface area contributed by atoms with Crippen molar-refractivity contribution in [3.8, 4) is 11.1 Å². The van der Waals surface area contributed by atoms with Crippen LogP contribution in [0.1, 0.15) is 12.7 Å². The zero-order valence-electron chi connectivity index (χ0n) is 14.7. The van der Waals surface area contributed by atoms with Gasteiger partial charge in [-0.15, -0.1) is 0 Å². The number of hydrogen-bond acceptors (Lipinski definition) is 4. The van der Waals surface area contributed by atoms with Gasteiger partial charge in [0.15, 0.2) is 5.82 Å². The number of fused-ring (bicyclic) bond motifs is 1. The van der Waals surface area contributed by atoms with E-state index in [1.807, 2.05) is 56.4 Å². The zero-order chi connectivity index (χ0) is 18.5. The molecule has 0 amide bonds. The van der Waals surface area contributed by atoms with Crippen LogP contribution in [0.25, 0.3) is 22.0 Å². The van der Waals surface area contributed by atoms with Gasteiger partial charge in [-0.05, 0) is 48.4 Å². The minimum Gasteiger partial charge on any atom is -0.373 e. The molecule has 0 bridgehead atoms. The highest BCUT2D eigenvalue weighted by Crippen LogP contribution is 2.27. The summed E-state index contributed by atoms with van der Waals surface area (Å²) in [4.78, 5) is 13.6. The van der Waals surface area contributed by atoms with Crippen molar-refractivity contribution in [3.63, 3.8) is 0 Å².